The van der Waals surface area contributed by atoms with Crippen molar-refractivity contribution >= 4 is 0 Å². The minimum absolute atomic E-state index is 0.170. The van der Waals surface area contributed by atoms with Gasteiger partial charge in [0, 0.05) is 25.0 Å². The van der Waals surface area contributed by atoms with E-state index >= 15 is 0 Å². The smallest absolute Gasteiger partial charge is 0.123 e. The first kappa shape index (κ1) is 13.7. The summed E-state index contributed by atoms with van der Waals surface area (Å²) in [5, 5.41) is 3.47. The lowest BCUT2D eigenvalue weighted by molar-refractivity contribution is 0.488. The molecule has 0 spiro atoms. The lowest BCUT2D eigenvalue weighted by atomic mass is 10.0. The molecule has 1 unspecified atom stereocenters. The van der Waals surface area contributed by atoms with Crippen LogP contribution in [0.3, 0.4) is 0 Å². The largest absolute Gasteiger partial charge is 0.337 e. The molecule has 19 heavy (non-hydrogen) atoms. The minimum Gasteiger partial charge on any atom is -0.337 e. The van der Waals surface area contributed by atoms with Gasteiger partial charge in [-0.25, -0.2) is 9.37 Å². The van der Waals surface area contributed by atoms with Crippen molar-refractivity contribution in [3.05, 3.63) is 54.4 Å². The van der Waals surface area contributed by atoms with Gasteiger partial charge in [0.1, 0.15) is 5.82 Å². The molecule has 0 aliphatic heterocycles. The van der Waals surface area contributed by atoms with E-state index in [1.807, 2.05) is 18.6 Å². The number of hydrogen-bond acceptors (Lipinski definition) is 2. The predicted octanol–water partition coefficient (Wildman–Crippen LogP) is 3.15. The molecule has 1 N–H and O–H groups in total. The lowest BCUT2D eigenvalue weighted by Gasteiger charge is -2.17. The third kappa shape index (κ3) is 4.17. The Morgan fingerprint density at radius 2 is 2.32 bits per heavy atom. The third-order valence-corrected chi connectivity index (χ3v) is 3.20. The van der Waals surface area contributed by atoms with Crippen LogP contribution in [0, 0.1) is 5.82 Å². The zero-order valence-electron chi connectivity index (χ0n) is 11.2. The fraction of sp³-hybridized carbons (Fsp3) is 0.400. The summed E-state index contributed by atoms with van der Waals surface area (Å²) in [7, 11) is 0. The van der Waals surface area contributed by atoms with E-state index in [0.29, 0.717) is 0 Å². The standard InChI is InChI=1S/C15H20FN3/c1-2-15(13-5-3-6-14(16)11-13)18-7-4-9-19-10-8-17-12-19/h3,5-6,8,10-12,15,18H,2,4,7,9H2,1H3. The number of imidazole rings is 1. The van der Waals surface area contributed by atoms with Gasteiger partial charge in [0.15, 0.2) is 0 Å². The van der Waals surface area contributed by atoms with Gasteiger partial charge in [0.25, 0.3) is 0 Å². The number of nitrogens with zero attached hydrogens (tertiary/aromatic N) is 2. The highest BCUT2D eigenvalue weighted by Gasteiger charge is 2.08. The van der Waals surface area contributed by atoms with Gasteiger partial charge in [-0.05, 0) is 37.1 Å². The second-order valence-electron chi connectivity index (χ2n) is 4.62. The number of hydrogen-bond donors (Lipinski definition) is 1. The van der Waals surface area contributed by atoms with Crippen molar-refractivity contribution in [2.75, 3.05) is 6.54 Å². The van der Waals surface area contributed by atoms with E-state index in [1.165, 1.54) is 6.07 Å². The molecular formula is C15H20FN3. The SMILES string of the molecule is CCC(NCCCn1ccnc1)c1cccc(F)c1. The minimum atomic E-state index is -0.170. The van der Waals surface area contributed by atoms with Gasteiger partial charge in [-0.2, -0.15) is 0 Å². The average molecular weight is 261 g/mol. The Labute approximate surface area is 113 Å². The molecular weight excluding hydrogens is 241 g/mol. The van der Waals surface area contributed by atoms with Crippen molar-refractivity contribution in [2.45, 2.75) is 32.4 Å². The lowest BCUT2D eigenvalue weighted by Crippen LogP contribution is -2.22. The van der Waals surface area contributed by atoms with Gasteiger partial charge in [0.05, 0.1) is 6.33 Å². The maximum Gasteiger partial charge on any atom is 0.123 e. The first-order valence-electron chi connectivity index (χ1n) is 6.74. The number of aryl methyl sites for hydroxylation is 1. The Kier molecular flexibility index (Phi) is 5.10. The molecule has 0 fully saturated rings. The second-order valence-corrected chi connectivity index (χ2v) is 4.62. The van der Waals surface area contributed by atoms with Crippen molar-refractivity contribution in [2.24, 2.45) is 0 Å². The van der Waals surface area contributed by atoms with Gasteiger partial charge in [0.2, 0.25) is 0 Å². The van der Waals surface area contributed by atoms with Gasteiger partial charge in [-0.1, -0.05) is 19.1 Å². The summed E-state index contributed by atoms with van der Waals surface area (Å²) in [6.45, 7) is 3.97. The molecule has 0 amide bonds. The molecule has 4 heteroatoms. The molecule has 0 bridgehead atoms. The highest BCUT2D eigenvalue weighted by atomic mass is 19.1. The monoisotopic (exact) mass is 261 g/mol. The van der Waals surface area contributed by atoms with Crippen molar-refractivity contribution in [1.82, 2.24) is 14.9 Å². The molecule has 1 atom stereocenters. The molecule has 1 heterocycles. The summed E-state index contributed by atoms with van der Waals surface area (Å²) >= 11 is 0. The Bertz CT molecular complexity index is 482. The first-order valence-corrected chi connectivity index (χ1v) is 6.74. The van der Waals surface area contributed by atoms with E-state index in [-0.39, 0.29) is 11.9 Å². The molecule has 0 saturated carbocycles. The molecule has 1 aromatic carbocycles. The Hall–Kier alpha value is -1.68. The van der Waals surface area contributed by atoms with Gasteiger partial charge in [-0.3, -0.25) is 0 Å². The van der Waals surface area contributed by atoms with Crippen LogP contribution in [0.4, 0.5) is 4.39 Å². The van der Waals surface area contributed by atoms with Crippen LogP contribution < -0.4 is 5.32 Å². The van der Waals surface area contributed by atoms with Crippen LogP contribution >= 0.6 is 0 Å². The molecule has 0 saturated heterocycles. The number of rotatable bonds is 7. The van der Waals surface area contributed by atoms with Crippen LogP contribution in [-0.2, 0) is 6.54 Å². The summed E-state index contributed by atoms with van der Waals surface area (Å²) in [5.74, 6) is -0.170. The second kappa shape index (κ2) is 7.04. The Balaban J connectivity index is 1.79. The highest BCUT2D eigenvalue weighted by molar-refractivity contribution is 5.19. The third-order valence-electron chi connectivity index (χ3n) is 3.20. The van der Waals surface area contributed by atoms with E-state index in [0.717, 1.165) is 31.5 Å². The molecule has 2 rings (SSSR count). The molecule has 0 aliphatic rings. The molecule has 1 aromatic heterocycles. The fourth-order valence-corrected chi connectivity index (χ4v) is 2.18. The van der Waals surface area contributed by atoms with E-state index in [2.05, 4.69) is 21.8 Å². The van der Waals surface area contributed by atoms with Crippen LogP contribution in [0.25, 0.3) is 0 Å². The first-order chi connectivity index (χ1) is 9.29. The predicted molar refractivity (Wildman–Crippen MR) is 74.3 cm³/mol. The summed E-state index contributed by atoms with van der Waals surface area (Å²) in [6.07, 6.45) is 7.56. The molecule has 0 radical (unpaired) electrons. The topological polar surface area (TPSA) is 29.9 Å². The van der Waals surface area contributed by atoms with Crippen molar-refractivity contribution < 1.29 is 4.39 Å². The molecule has 3 nitrogen and oxygen atoms in total. The zero-order valence-corrected chi connectivity index (χ0v) is 11.2. The van der Waals surface area contributed by atoms with Gasteiger partial charge >= 0.3 is 0 Å². The summed E-state index contributed by atoms with van der Waals surface area (Å²) < 4.78 is 15.3. The number of halogens is 1. The van der Waals surface area contributed by atoms with E-state index in [4.69, 9.17) is 0 Å². The molecule has 2 aromatic rings. The van der Waals surface area contributed by atoms with Crippen LogP contribution in [0.15, 0.2) is 43.0 Å². The highest BCUT2D eigenvalue weighted by Crippen LogP contribution is 2.17. The summed E-state index contributed by atoms with van der Waals surface area (Å²) in [5.41, 5.74) is 1.02. The van der Waals surface area contributed by atoms with E-state index in [9.17, 15) is 4.39 Å². The maximum absolute atomic E-state index is 13.2. The van der Waals surface area contributed by atoms with Gasteiger partial charge < -0.3 is 9.88 Å². The van der Waals surface area contributed by atoms with Crippen LogP contribution in [0.1, 0.15) is 31.4 Å². The zero-order chi connectivity index (χ0) is 13.5. The van der Waals surface area contributed by atoms with Crippen LogP contribution in [0.5, 0.6) is 0 Å². The van der Waals surface area contributed by atoms with E-state index < -0.39 is 0 Å². The summed E-state index contributed by atoms with van der Waals surface area (Å²) in [6, 6.07) is 7.05. The number of aromatic nitrogens is 2. The number of nitrogens with one attached hydrogen (secondary N) is 1. The Morgan fingerprint density at radius 3 is 3.00 bits per heavy atom. The van der Waals surface area contributed by atoms with Crippen LogP contribution in [-0.4, -0.2) is 16.1 Å². The van der Waals surface area contributed by atoms with Crippen LogP contribution in [0.2, 0.25) is 0 Å². The van der Waals surface area contributed by atoms with Gasteiger partial charge in [-0.15, -0.1) is 0 Å². The average Bonchev–Trinajstić information content (AvgIpc) is 2.92. The van der Waals surface area contributed by atoms with Crippen molar-refractivity contribution in [3.63, 3.8) is 0 Å². The van der Waals surface area contributed by atoms with E-state index in [1.54, 1.807) is 18.3 Å². The number of benzene rings is 1. The molecule has 0 aliphatic carbocycles. The normalized spacial score (nSPS) is 12.5. The van der Waals surface area contributed by atoms with Crippen molar-refractivity contribution in [3.8, 4) is 0 Å². The Morgan fingerprint density at radius 1 is 1.42 bits per heavy atom. The maximum atomic E-state index is 13.2. The molecule has 102 valence electrons. The summed E-state index contributed by atoms with van der Waals surface area (Å²) in [4.78, 5) is 4.01. The fourth-order valence-electron chi connectivity index (χ4n) is 2.18. The quantitative estimate of drug-likeness (QED) is 0.776. The van der Waals surface area contributed by atoms with Crippen molar-refractivity contribution in [1.29, 1.82) is 0 Å².